The van der Waals surface area contributed by atoms with Crippen LogP contribution in [-0.2, 0) is 11.8 Å². The number of rotatable bonds is 4. The van der Waals surface area contributed by atoms with Crippen LogP contribution in [0.3, 0.4) is 0 Å². The molecule has 0 aliphatic heterocycles. The number of nitrogens with two attached hydrogens (primary N) is 1. The Labute approximate surface area is 127 Å². The maximum Gasteiger partial charge on any atom is 0.241 e. The highest BCUT2D eigenvalue weighted by atomic mass is 16.2. The highest BCUT2D eigenvalue weighted by Gasteiger charge is 2.32. The first-order chi connectivity index (χ1) is 9.88. The van der Waals surface area contributed by atoms with Crippen molar-refractivity contribution in [3.63, 3.8) is 0 Å². The van der Waals surface area contributed by atoms with Gasteiger partial charge in [0.15, 0.2) is 0 Å². The van der Waals surface area contributed by atoms with Crippen molar-refractivity contribution in [1.82, 2.24) is 15.1 Å². The van der Waals surface area contributed by atoms with E-state index in [-0.39, 0.29) is 11.9 Å². The maximum absolute atomic E-state index is 12.4. The number of nitrogens with zero attached hydrogens (tertiary/aromatic N) is 2. The van der Waals surface area contributed by atoms with Crippen LogP contribution in [0.5, 0.6) is 0 Å². The Morgan fingerprint density at radius 2 is 2.19 bits per heavy atom. The molecule has 5 nitrogen and oxygen atoms in total. The summed E-state index contributed by atoms with van der Waals surface area (Å²) in [5.74, 6) is 1.70. The molecule has 1 aromatic rings. The van der Waals surface area contributed by atoms with Gasteiger partial charge in [-0.25, -0.2) is 0 Å². The summed E-state index contributed by atoms with van der Waals surface area (Å²) in [6.07, 6.45) is 6.95. The molecule has 118 valence electrons. The number of aromatic nitrogens is 2. The Hall–Kier alpha value is -1.36. The molecule has 0 saturated heterocycles. The van der Waals surface area contributed by atoms with Gasteiger partial charge in [-0.2, -0.15) is 5.10 Å². The van der Waals surface area contributed by atoms with Gasteiger partial charge in [0.25, 0.3) is 0 Å². The zero-order valence-corrected chi connectivity index (χ0v) is 13.5. The molecule has 0 radical (unpaired) electrons. The summed E-state index contributed by atoms with van der Waals surface area (Å²) in [7, 11) is 1.83. The lowest BCUT2D eigenvalue weighted by Gasteiger charge is -2.38. The number of hydrogen-bond acceptors (Lipinski definition) is 3. The first-order valence-corrected chi connectivity index (χ1v) is 7.93. The Balaban J connectivity index is 2.02. The van der Waals surface area contributed by atoms with Gasteiger partial charge in [-0.15, -0.1) is 0 Å². The quantitative estimate of drug-likeness (QED) is 0.891. The number of carbonyl (C=O) groups is 1. The molecule has 1 aromatic heterocycles. The zero-order valence-electron chi connectivity index (χ0n) is 13.5. The molecule has 2 rings (SSSR count). The first kappa shape index (κ1) is 16.0. The zero-order chi connectivity index (χ0) is 15.6. The van der Waals surface area contributed by atoms with E-state index in [9.17, 15) is 4.79 Å². The van der Waals surface area contributed by atoms with Gasteiger partial charge in [-0.05, 0) is 30.6 Å². The van der Waals surface area contributed by atoms with Crippen LogP contribution in [0.1, 0.15) is 51.6 Å². The molecule has 0 aromatic carbocycles. The second-order valence-electron chi connectivity index (χ2n) is 6.87. The highest BCUT2D eigenvalue weighted by Crippen LogP contribution is 2.33. The van der Waals surface area contributed by atoms with Crippen molar-refractivity contribution < 1.29 is 4.79 Å². The molecule has 0 spiro atoms. The fourth-order valence-corrected chi connectivity index (χ4v) is 3.39. The summed E-state index contributed by atoms with van der Waals surface area (Å²) in [5, 5.41) is 7.27. The summed E-state index contributed by atoms with van der Waals surface area (Å²) in [6, 6.07) is -0.396. The number of nitrogens with one attached hydrogen (secondary N) is 1. The van der Waals surface area contributed by atoms with E-state index in [2.05, 4.69) is 31.2 Å². The Morgan fingerprint density at radius 3 is 2.76 bits per heavy atom. The van der Waals surface area contributed by atoms with Crippen molar-refractivity contribution in [1.29, 1.82) is 0 Å². The molecule has 1 fully saturated rings. The molecule has 5 heteroatoms. The van der Waals surface area contributed by atoms with Gasteiger partial charge in [0, 0.05) is 24.8 Å². The predicted octanol–water partition coefficient (Wildman–Crippen LogP) is 2.00. The molecule has 1 aliphatic rings. The minimum Gasteiger partial charge on any atom is -0.351 e. The molecule has 21 heavy (non-hydrogen) atoms. The van der Waals surface area contributed by atoms with Crippen LogP contribution in [0, 0.1) is 17.8 Å². The van der Waals surface area contributed by atoms with Gasteiger partial charge in [0.05, 0.1) is 6.20 Å². The second kappa shape index (κ2) is 6.60. The van der Waals surface area contributed by atoms with Crippen molar-refractivity contribution in [2.24, 2.45) is 30.5 Å². The monoisotopic (exact) mass is 292 g/mol. The molecule has 4 unspecified atom stereocenters. The third kappa shape index (κ3) is 3.84. The fourth-order valence-electron chi connectivity index (χ4n) is 3.39. The van der Waals surface area contributed by atoms with Gasteiger partial charge in [0.2, 0.25) is 5.91 Å². The number of amides is 1. The average molecular weight is 292 g/mol. The normalized spacial score (nSPS) is 27.6. The molecule has 0 bridgehead atoms. The molecule has 4 atom stereocenters. The Morgan fingerprint density at radius 1 is 1.48 bits per heavy atom. The van der Waals surface area contributed by atoms with E-state index in [1.807, 2.05) is 7.05 Å². The fraction of sp³-hybridized carbons (Fsp3) is 0.750. The molecule has 1 saturated carbocycles. The second-order valence-corrected chi connectivity index (χ2v) is 6.87. The number of aryl methyl sites for hydroxylation is 1. The van der Waals surface area contributed by atoms with Crippen LogP contribution in [-0.4, -0.2) is 21.7 Å². The third-order valence-electron chi connectivity index (χ3n) is 4.72. The van der Waals surface area contributed by atoms with Crippen molar-refractivity contribution in [2.45, 2.75) is 52.1 Å². The lowest BCUT2D eigenvalue weighted by atomic mass is 9.74. The standard InChI is InChI=1S/C16H28N4O/c1-10(2)13-6-5-11(3)7-14(13)19-16(21)15(17)12-8-18-20(4)9-12/h8-11,13-15H,5-7,17H2,1-4H3,(H,19,21). The molecule has 3 N–H and O–H groups in total. The largest absolute Gasteiger partial charge is 0.351 e. The topological polar surface area (TPSA) is 72.9 Å². The van der Waals surface area contributed by atoms with Crippen LogP contribution < -0.4 is 11.1 Å². The predicted molar refractivity (Wildman–Crippen MR) is 83.4 cm³/mol. The minimum atomic E-state index is -0.635. The lowest BCUT2D eigenvalue weighted by Crippen LogP contribution is -2.48. The average Bonchev–Trinajstić information content (AvgIpc) is 2.84. The molecular weight excluding hydrogens is 264 g/mol. The van der Waals surface area contributed by atoms with E-state index < -0.39 is 6.04 Å². The van der Waals surface area contributed by atoms with E-state index in [1.165, 1.54) is 12.8 Å². The van der Waals surface area contributed by atoms with Gasteiger partial charge >= 0.3 is 0 Å². The SMILES string of the molecule is CC1CCC(C(C)C)C(NC(=O)C(N)c2cnn(C)c2)C1. The summed E-state index contributed by atoms with van der Waals surface area (Å²) < 4.78 is 1.67. The summed E-state index contributed by atoms with van der Waals surface area (Å²) in [5.41, 5.74) is 6.82. The summed E-state index contributed by atoms with van der Waals surface area (Å²) in [6.45, 7) is 6.73. The number of carbonyl (C=O) groups excluding carboxylic acids is 1. The molecule has 1 amide bonds. The van der Waals surface area contributed by atoms with Crippen molar-refractivity contribution >= 4 is 5.91 Å². The summed E-state index contributed by atoms with van der Waals surface area (Å²) >= 11 is 0. The first-order valence-electron chi connectivity index (χ1n) is 7.93. The van der Waals surface area contributed by atoms with Gasteiger partial charge in [-0.3, -0.25) is 9.48 Å². The van der Waals surface area contributed by atoms with Crippen molar-refractivity contribution in [2.75, 3.05) is 0 Å². The van der Waals surface area contributed by atoms with Crippen molar-refractivity contribution in [3.8, 4) is 0 Å². The maximum atomic E-state index is 12.4. The van der Waals surface area contributed by atoms with Crippen LogP contribution in [0.15, 0.2) is 12.4 Å². The minimum absolute atomic E-state index is 0.0900. The molecule has 1 aliphatic carbocycles. The van der Waals surface area contributed by atoms with E-state index in [0.29, 0.717) is 17.8 Å². The lowest BCUT2D eigenvalue weighted by molar-refractivity contribution is -0.124. The van der Waals surface area contributed by atoms with Gasteiger partial charge in [0.1, 0.15) is 6.04 Å². The van der Waals surface area contributed by atoms with E-state index in [4.69, 9.17) is 5.73 Å². The van der Waals surface area contributed by atoms with E-state index >= 15 is 0 Å². The van der Waals surface area contributed by atoms with Gasteiger partial charge in [-0.1, -0.05) is 27.2 Å². The van der Waals surface area contributed by atoms with Crippen LogP contribution in [0.2, 0.25) is 0 Å². The van der Waals surface area contributed by atoms with Crippen molar-refractivity contribution in [3.05, 3.63) is 18.0 Å². The van der Waals surface area contributed by atoms with Crippen LogP contribution in [0.4, 0.5) is 0 Å². The van der Waals surface area contributed by atoms with Gasteiger partial charge < -0.3 is 11.1 Å². The Kier molecular flexibility index (Phi) is 5.04. The third-order valence-corrected chi connectivity index (χ3v) is 4.72. The molecule has 1 heterocycles. The highest BCUT2D eigenvalue weighted by molar-refractivity contribution is 5.83. The smallest absolute Gasteiger partial charge is 0.241 e. The van der Waals surface area contributed by atoms with Crippen LogP contribution in [0.25, 0.3) is 0 Å². The van der Waals surface area contributed by atoms with E-state index in [1.54, 1.807) is 17.1 Å². The van der Waals surface area contributed by atoms with Crippen LogP contribution >= 0.6 is 0 Å². The molecular formula is C16H28N4O. The Bertz CT molecular complexity index is 482. The van der Waals surface area contributed by atoms with E-state index in [0.717, 1.165) is 12.0 Å². The summed E-state index contributed by atoms with van der Waals surface area (Å²) in [4.78, 5) is 12.4. The number of hydrogen-bond donors (Lipinski definition) is 2.